The highest BCUT2D eigenvalue weighted by atomic mass is 16.6. The summed E-state index contributed by atoms with van der Waals surface area (Å²) in [5.74, 6) is -0.772. The monoisotopic (exact) mass is 321 g/mol. The molecule has 0 amide bonds. The van der Waals surface area contributed by atoms with Crippen molar-refractivity contribution in [3.63, 3.8) is 0 Å². The van der Waals surface area contributed by atoms with E-state index in [1.165, 1.54) is 31.8 Å². The van der Waals surface area contributed by atoms with Gasteiger partial charge in [0.1, 0.15) is 5.71 Å². The number of esters is 1. The SMILES string of the molecule is COC(=O)C(Cc1ccc(NB(C)O)cc1[N+](=O)[O-])=NB(C)O. The fourth-order valence-corrected chi connectivity index (χ4v) is 1.91. The van der Waals surface area contributed by atoms with Crippen LogP contribution in [0.1, 0.15) is 5.56 Å². The number of nitro benzene ring substituents is 1. The molecule has 11 heteroatoms. The van der Waals surface area contributed by atoms with Crippen LogP contribution in [0, 0.1) is 10.1 Å². The minimum Gasteiger partial charge on any atom is -0.465 e. The van der Waals surface area contributed by atoms with Gasteiger partial charge < -0.3 is 24.9 Å². The Balaban J connectivity index is 3.20. The zero-order chi connectivity index (χ0) is 17.6. The first-order chi connectivity index (χ1) is 10.7. The zero-order valence-corrected chi connectivity index (χ0v) is 13.0. The van der Waals surface area contributed by atoms with Crippen LogP contribution in [-0.2, 0) is 16.0 Å². The fraction of sp³-hybridized carbons (Fsp3) is 0.333. The van der Waals surface area contributed by atoms with E-state index in [1.807, 2.05) is 0 Å². The number of benzene rings is 1. The van der Waals surface area contributed by atoms with Crippen LogP contribution in [0.15, 0.2) is 23.1 Å². The average Bonchev–Trinajstić information content (AvgIpc) is 2.45. The molecule has 0 fully saturated rings. The molecule has 0 spiro atoms. The molecule has 0 aromatic heterocycles. The van der Waals surface area contributed by atoms with Gasteiger partial charge in [0.25, 0.3) is 5.69 Å². The summed E-state index contributed by atoms with van der Waals surface area (Å²) in [5.41, 5.74) is 0.234. The Bertz CT molecular complexity index is 621. The quantitative estimate of drug-likeness (QED) is 0.217. The van der Waals surface area contributed by atoms with Crippen LogP contribution in [-0.4, -0.2) is 47.9 Å². The standard InChI is InChI=1S/C12H17B2N3O6/c1-13(19)15-9-5-4-8(11(7-9)17(21)22)6-10(12(18)23-3)16-14(2)20/h4-5,7,15,19-20H,6H2,1-3H3. The van der Waals surface area contributed by atoms with Gasteiger partial charge in [-0.05, 0) is 25.8 Å². The number of rotatable bonds is 7. The largest absolute Gasteiger partial charge is 0.465 e. The van der Waals surface area contributed by atoms with Crippen LogP contribution in [0.25, 0.3) is 0 Å². The second-order valence-corrected chi connectivity index (χ2v) is 4.80. The van der Waals surface area contributed by atoms with Gasteiger partial charge in [-0.2, -0.15) is 0 Å². The second kappa shape index (κ2) is 8.30. The van der Waals surface area contributed by atoms with Gasteiger partial charge in [-0.15, -0.1) is 0 Å². The smallest absolute Gasteiger partial charge is 0.428 e. The van der Waals surface area contributed by atoms with Crippen LogP contribution in [0.3, 0.4) is 0 Å². The highest BCUT2D eigenvalue weighted by Crippen LogP contribution is 2.24. The summed E-state index contributed by atoms with van der Waals surface area (Å²) in [6, 6.07) is 4.23. The van der Waals surface area contributed by atoms with Gasteiger partial charge in [-0.3, -0.25) is 10.1 Å². The first-order valence-electron chi connectivity index (χ1n) is 6.79. The summed E-state index contributed by atoms with van der Waals surface area (Å²) in [4.78, 5) is 26.0. The van der Waals surface area contributed by atoms with Crippen molar-refractivity contribution in [2.24, 2.45) is 4.90 Å². The van der Waals surface area contributed by atoms with E-state index < -0.39 is 25.0 Å². The first-order valence-corrected chi connectivity index (χ1v) is 6.79. The molecule has 0 unspecified atom stereocenters. The molecule has 122 valence electrons. The third kappa shape index (κ3) is 5.72. The summed E-state index contributed by atoms with van der Waals surface area (Å²) in [6.45, 7) is 2.83. The van der Waals surface area contributed by atoms with E-state index >= 15 is 0 Å². The number of ether oxygens (including phenoxy) is 1. The van der Waals surface area contributed by atoms with Crippen LogP contribution >= 0.6 is 0 Å². The number of carbonyl (C=O) groups excluding carboxylic acids is 1. The number of nitro groups is 1. The summed E-state index contributed by atoms with van der Waals surface area (Å²) in [6.07, 6.45) is -0.164. The lowest BCUT2D eigenvalue weighted by atomic mass is 9.88. The van der Waals surface area contributed by atoms with Crippen LogP contribution in [0.2, 0.25) is 13.6 Å². The van der Waals surface area contributed by atoms with Crippen molar-refractivity contribution in [3.8, 4) is 0 Å². The maximum Gasteiger partial charge on any atom is 0.428 e. The number of hydrogen-bond acceptors (Lipinski definition) is 8. The molecule has 9 nitrogen and oxygen atoms in total. The third-order valence-corrected chi connectivity index (χ3v) is 2.78. The molecule has 23 heavy (non-hydrogen) atoms. The number of nitrogens with one attached hydrogen (secondary N) is 1. The Kier molecular flexibility index (Phi) is 6.73. The van der Waals surface area contributed by atoms with Gasteiger partial charge in [0.2, 0.25) is 0 Å². The average molecular weight is 321 g/mol. The molecular weight excluding hydrogens is 304 g/mol. The summed E-state index contributed by atoms with van der Waals surface area (Å²) in [5, 5.41) is 32.4. The van der Waals surface area contributed by atoms with Crippen molar-refractivity contribution in [1.82, 2.24) is 0 Å². The topological polar surface area (TPSA) is 134 Å². The molecule has 0 heterocycles. The van der Waals surface area contributed by atoms with Crippen molar-refractivity contribution in [2.75, 3.05) is 12.3 Å². The maximum absolute atomic E-state index is 11.7. The molecule has 0 atom stereocenters. The third-order valence-electron chi connectivity index (χ3n) is 2.78. The zero-order valence-electron chi connectivity index (χ0n) is 13.0. The predicted molar refractivity (Wildman–Crippen MR) is 87.5 cm³/mol. The van der Waals surface area contributed by atoms with E-state index in [-0.39, 0.29) is 23.4 Å². The van der Waals surface area contributed by atoms with Crippen molar-refractivity contribution < 1.29 is 24.5 Å². The molecule has 0 saturated heterocycles. The minimum atomic E-state index is -1.14. The Hall–Kier alpha value is -2.39. The lowest BCUT2D eigenvalue weighted by Crippen LogP contribution is -2.23. The molecule has 0 aliphatic carbocycles. The highest BCUT2D eigenvalue weighted by molar-refractivity contribution is 6.53. The van der Waals surface area contributed by atoms with E-state index in [1.54, 1.807) is 0 Å². The van der Waals surface area contributed by atoms with Gasteiger partial charge >= 0.3 is 20.1 Å². The van der Waals surface area contributed by atoms with Crippen molar-refractivity contribution in [1.29, 1.82) is 0 Å². The van der Waals surface area contributed by atoms with E-state index in [0.717, 1.165) is 7.11 Å². The van der Waals surface area contributed by atoms with Crippen LogP contribution in [0.4, 0.5) is 11.4 Å². The number of anilines is 1. The van der Waals surface area contributed by atoms with Gasteiger partial charge in [0, 0.05) is 23.7 Å². The normalized spacial score (nSPS) is 10.9. The fourth-order valence-electron chi connectivity index (χ4n) is 1.91. The molecule has 0 radical (unpaired) electrons. The summed E-state index contributed by atoms with van der Waals surface area (Å²) < 4.78 is 4.57. The van der Waals surface area contributed by atoms with Crippen molar-refractivity contribution >= 4 is 37.2 Å². The molecule has 1 rings (SSSR count). The van der Waals surface area contributed by atoms with Crippen LogP contribution < -0.4 is 5.23 Å². The number of nitrogens with zero attached hydrogens (tertiary/aromatic N) is 2. The van der Waals surface area contributed by atoms with Gasteiger partial charge in [0.05, 0.1) is 12.0 Å². The van der Waals surface area contributed by atoms with Gasteiger partial charge in [-0.1, -0.05) is 0 Å². The summed E-state index contributed by atoms with van der Waals surface area (Å²) in [7, 11) is -0.855. The van der Waals surface area contributed by atoms with Crippen molar-refractivity contribution in [3.05, 3.63) is 33.9 Å². The van der Waals surface area contributed by atoms with E-state index in [4.69, 9.17) is 0 Å². The molecule has 1 aromatic rings. The lowest BCUT2D eigenvalue weighted by Gasteiger charge is -2.10. The molecule has 0 saturated carbocycles. The van der Waals surface area contributed by atoms with E-state index in [2.05, 4.69) is 14.9 Å². The Labute approximate surface area is 133 Å². The number of carbonyl (C=O) groups is 1. The Morgan fingerprint density at radius 2 is 2.09 bits per heavy atom. The van der Waals surface area contributed by atoms with Gasteiger partial charge in [0.15, 0.2) is 0 Å². The van der Waals surface area contributed by atoms with Crippen LogP contribution in [0.5, 0.6) is 0 Å². The molecule has 0 aliphatic rings. The number of methoxy groups -OCH3 is 1. The highest BCUT2D eigenvalue weighted by Gasteiger charge is 2.21. The number of hydrogen-bond donors (Lipinski definition) is 3. The minimum absolute atomic E-state index is 0.123. The van der Waals surface area contributed by atoms with E-state index in [0.29, 0.717) is 5.69 Å². The van der Waals surface area contributed by atoms with Crippen molar-refractivity contribution in [2.45, 2.75) is 20.1 Å². The Morgan fingerprint density at radius 1 is 1.43 bits per heavy atom. The molecular formula is C12H17B2N3O6. The van der Waals surface area contributed by atoms with E-state index in [9.17, 15) is 25.0 Å². The molecule has 0 aliphatic heterocycles. The maximum atomic E-state index is 11.7. The van der Waals surface area contributed by atoms with Gasteiger partial charge in [-0.25, -0.2) is 4.79 Å². The lowest BCUT2D eigenvalue weighted by molar-refractivity contribution is -0.385. The second-order valence-electron chi connectivity index (χ2n) is 4.80. The molecule has 0 bridgehead atoms. The summed E-state index contributed by atoms with van der Waals surface area (Å²) >= 11 is 0. The molecule has 3 N–H and O–H groups in total. The molecule has 1 aromatic carbocycles. The Morgan fingerprint density at radius 3 is 2.57 bits per heavy atom. The first kappa shape index (κ1) is 18.7. The predicted octanol–water partition coefficient (Wildman–Crippen LogP) is 0.384.